The first-order valence-electron chi connectivity index (χ1n) is 4.09. The molecule has 0 aliphatic carbocycles. The van der Waals surface area contributed by atoms with E-state index in [0.29, 0.717) is 0 Å². The van der Waals surface area contributed by atoms with Crippen molar-refractivity contribution < 1.29 is 13.6 Å². The lowest BCUT2D eigenvalue weighted by Gasteiger charge is -2.06. The van der Waals surface area contributed by atoms with Crippen LogP contribution in [-0.4, -0.2) is 10.6 Å². The lowest BCUT2D eigenvalue weighted by atomic mass is 10.1. The summed E-state index contributed by atoms with van der Waals surface area (Å²) in [6.45, 7) is 1.40. The summed E-state index contributed by atoms with van der Waals surface area (Å²) in [5, 5.41) is 0. The van der Waals surface area contributed by atoms with Gasteiger partial charge in [-0.1, -0.05) is 28.1 Å². The van der Waals surface area contributed by atoms with Crippen LogP contribution in [0.2, 0.25) is 0 Å². The molecule has 1 unspecified atom stereocenters. The predicted molar refractivity (Wildman–Crippen MR) is 53.5 cm³/mol. The molecule has 0 spiro atoms. The fourth-order valence-electron chi connectivity index (χ4n) is 1.04. The van der Waals surface area contributed by atoms with Gasteiger partial charge in [-0.15, -0.1) is 0 Å². The zero-order valence-electron chi connectivity index (χ0n) is 7.56. The van der Waals surface area contributed by atoms with Crippen molar-refractivity contribution in [2.75, 3.05) is 0 Å². The van der Waals surface area contributed by atoms with Gasteiger partial charge in [0.1, 0.15) is 5.78 Å². The standard InChI is InChI=1S/C10H9BrF2O/c1-6(14)8(11)5-7-3-2-4-9(12)10(7)13/h2-4,8H,5H2,1H3. The third-order valence-electron chi connectivity index (χ3n) is 1.87. The molecular formula is C10H9BrF2O. The molecule has 1 aromatic rings. The molecule has 0 amide bonds. The summed E-state index contributed by atoms with van der Waals surface area (Å²) in [7, 11) is 0. The third-order valence-corrected chi connectivity index (χ3v) is 2.84. The molecule has 0 fully saturated rings. The fourth-order valence-corrected chi connectivity index (χ4v) is 1.39. The summed E-state index contributed by atoms with van der Waals surface area (Å²) in [4.78, 5) is 10.4. The van der Waals surface area contributed by atoms with Crippen molar-refractivity contribution in [3.05, 3.63) is 35.4 Å². The van der Waals surface area contributed by atoms with Crippen LogP contribution in [0, 0.1) is 11.6 Å². The Labute approximate surface area is 89.3 Å². The van der Waals surface area contributed by atoms with Gasteiger partial charge >= 0.3 is 0 Å². The largest absolute Gasteiger partial charge is 0.299 e. The van der Waals surface area contributed by atoms with Crippen molar-refractivity contribution >= 4 is 21.7 Å². The van der Waals surface area contributed by atoms with E-state index in [1.165, 1.54) is 19.1 Å². The minimum atomic E-state index is -0.884. The van der Waals surface area contributed by atoms with Crippen LogP contribution in [0.3, 0.4) is 0 Å². The number of hydrogen-bond donors (Lipinski definition) is 0. The molecule has 0 saturated carbocycles. The first kappa shape index (κ1) is 11.3. The molecule has 0 saturated heterocycles. The molecular weight excluding hydrogens is 254 g/mol. The van der Waals surface area contributed by atoms with Crippen LogP contribution in [0.4, 0.5) is 8.78 Å². The van der Waals surface area contributed by atoms with E-state index in [1.807, 2.05) is 0 Å². The highest BCUT2D eigenvalue weighted by molar-refractivity contribution is 9.10. The highest BCUT2D eigenvalue weighted by Crippen LogP contribution is 2.16. The van der Waals surface area contributed by atoms with E-state index in [1.54, 1.807) is 0 Å². The van der Waals surface area contributed by atoms with Crippen LogP contribution >= 0.6 is 15.9 Å². The second-order valence-corrected chi connectivity index (χ2v) is 4.10. The van der Waals surface area contributed by atoms with Crippen LogP contribution in [0.15, 0.2) is 18.2 Å². The topological polar surface area (TPSA) is 17.1 Å². The number of carbonyl (C=O) groups excluding carboxylic acids is 1. The van der Waals surface area contributed by atoms with E-state index in [0.717, 1.165) is 6.07 Å². The Balaban J connectivity index is 2.87. The first-order valence-corrected chi connectivity index (χ1v) is 5.01. The summed E-state index contributed by atoms with van der Waals surface area (Å²) in [6, 6.07) is 3.94. The number of alkyl halides is 1. The SMILES string of the molecule is CC(=O)C(Br)Cc1cccc(F)c1F. The Morgan fingerprint density at radius 2 is 2.14 bits per heavy atom. The molecule has 1 atom stereocenters. The van der Waals surface area contributed by atoms with Gasteiger partial charge in [-0.05, 0) is 25.0 Å². The van der Waals surface area contributed by atoms with E-state index < -0.39 is 16.5 Å². The molecule has 0 bridgehead atoms. The van der Waals surface area contributed by atoms with Crippen LogP contribution < -0.4 is 0 Å². The Hall–Kier alpha value is -0.770. The predicted octanol–water partition coefficient (Wildman–Crippen LogP) is 2.86. The number of carbonyl (C=O) groups is 1. The molecule has 0 heterocycles. The minimum Gasteiger partial charge on any atom is -0.299 e. The Morgan fingerprint density at radius 3 is 2.71 bits per heavy atom. The van der Waals surface area contributed by atoms with Gasteiger partial charge in [-0.3, -0.25) is 4.79 Å². The maximum atomic E-state index is 13.1. The van der Waals surface area contributed by atoms with Gasteiger partial charge < -0.3 is 0 Å². The lowest BCUT2D eigenvalue weighted by Crippen LogP contribution is -2.13. The molecule has 1 rings (SSSR count). The van der Waals surface area contributed by atoms with Gasteiger partial charge in [0.25, 0.3) is 0 Å². The normalized spacial score (nSPS) is 12.6. The number of halogens is 3. The lowest BCUT2D eigenvalue weighted by molar-refractivity contribution is -0.116. The second-order valence-electron chi connectivity index (χ2n) is 3.00. The van der Waals surface area contributed by atoms with E-state index in [2.05, 4.69) is 15.9 Å². The van der Waals surface area contributed by atoms with Gasteiger partial charge in [0.05, 0.1) is 4.83 Å². The van der Waals surface area contributed by atoms with Gasteiger partial charge in [-0.2, -0.15) is 0 Å². The van der Waals surface area contributed by atoms with Gasteiger partial charge in [-0.25, -0.2) is 8.78 Å². The van der Waals surface area contributed by atoms with E-state index in [-0.39, 0.29) is 17.8 Å². The van der Waals surface area contributed by atoms with Crippen molar-refractivity contribution in [2.24, 2.45) is 0 Å². The molecule has 0 aromatic heterocycles. The molecule has 0 N–H and O–H groups in total. The summed E-state index contributed by atoms with van der Waals surface area (Å²) < 4.78 is 25.9. The Kier molecular flexibility index (Phi) is 3.75. The average Bonchev–Trinajstić information content (AvgIpc) is 2.12. The molecule has 0 aliphatic heterocycles. The molecule has 0 radical (unpaired) electrons. The second kappa shape index (κ2) is 4.64. The maximum Gasteiger partial charge on any atom is 0.162 e. The summed E-state index contributed by atoms with van der Waals surface area (Å²) in [5.41, 5.74) is 0.210. The minimum absolute atomic E-state index is 0.103. The summed E-state index contributed by atoms with van der Waals surface area (Å²) in [6.07, 6.45) is 0.166. The Morgan fingerprint density at radius 1 is 1.50 bits per heavy atom. The van der Waals surface area contributed by atoms with Crippen molar-refractivity contribution in [1.29, 1.82) is 0 Å². The molecule has 14 heavy (non-hydrogen) atoms. The summed E-state index contributed by atoms with van der Waals surface area (Å²) in [5.74, 6) is -1.86. The van der Waals surface area contributed by atoms with Crippen LogP contribution in [0.25, 0.3) is 0 Å². The van der Waals surface area contributed by atoms with Crippen LogP contribution in [-0.2, 0) is 11.2 Å². The number of ketones is 1. The van der Waals surface area contributed by atoms with Crippen molar-refractivity contribution in [3.63, 3.8) is 0 Å². The van der Waals surface area contributed by atoms with Gasteiger partial charge in [0.2, 0.25) is 0 Å². The van der Waals surface area contributed by atoms with E-state index >= 15 is 0 Å². The zero-order chi connectivity index (χ0) is 10.7. The first-order chi connectivity index (χ1) is 6.52. The van der Waals surface area contributed by atoms with Crippen LogP contribution in [0.5, 0.6) is 0 Å². The number of hydrogen-bond acceptors (Lipinski definition) is 1. The average molecular weight is 263 g/mol. The van der Waals surface area contributed by atoms with E-state index in [9.17, 15) is 13.6 Å². The fraction of sp³-hybridized carbons (Fsp3) is 0.300. The van der Waals surface area contributed by atoms with Crippen molar-refractivity contribution in [1.82, 2.24) is 0 Å². The summed E-state index contributed by atoms with van der Waals surface area (Å²) >= 11 is 3.10. The molecule has 76 valence electrons. The van der Waals surface area contributed by atoms with Gasteiger partial charge in [0, 0.05) is 0 Å². The third kappa shape index (κ3) is 2.61. The number of rotatable bonds is 3. The maximum absolute atomic E-state index is 13.1. The quantitative estimate of drug-likeness (QED) is 0.766. The van der Waals surface area contributed by atoms with Crippen LogP contribution in [0.1, 0.15) is 12.5 Å². The van der Waals surface area contributed by atoms with Crippen molar-refractivity contribution in [3.8, 4) is 0 Å². The van der Waals surface area contributed by atoms with E-state index in [4.69, 9.17) is 0 Å². The molecule has 1 nitrogen and oxygen atoms in total. The molecule has 4 heteroatoms. The Bertz CT molecular complexity index is 352. The monoisotopic (exact) mass is 262 g/mol. The van der Waals surface area contributed by atoms with Gasteiger partial charge in [0.15, 0.2) is 11.6 Å². The molecule has 0 aliphatic rings. The highest BCUT2D eigenvalue weighted by atomic mass is 79.9. The number of benzene rings is 1. The highest BCUT2D eigenvalue weighted by Gasteiger charge is 2.14. The van der Waals surface area contributed by atoms with Crippen molar-refractivity contribution in [2.45, 2.75) is 18.2 Å². The zero-order valence-corrected chi connectivity index (χ0v) is 9.14. The molecule has 1 aromatic carbocycles. The number of Topliss-reactive ketones (excluding diaryl/α,β-unsaturated/α-hetero) is 1. The smallest absolute Gasteiger partial charge is 0.162 e.